The van der Waals surface area contributed by atoms with Crippen molar-refractivity contribution in [3.05, 3.63) is 38.5 Å². The van der Waals surface area contributed by atoms with Gasteiger partial charge in [0.15, 0.2) is 0 Å². The van der Waals surface area contributed by atoms with Crippen LogP contribution in [0.15, 0.2) is 22.2 Å². The SMILES string of the molecule is Cc1[nH]cnc1CNCc1sccc1Br. The molecule has 2 aromatic rings. The van der Waals surface area contributed by atoms with Crippen LogP contribution < -0.4 is 5.32 Å². The molecule has 2 rings (SSSR count). The van der Waals surface area contributed by atoms with E-state index in [9.17, 15) is 0 Å². The molecule has 0 aliphatic carbocycles. The van der Waals surface area contributed by atoms with Crippen molar-refractivity contribution in [3.8, 4) is 0 Å². The summed E-state index contributed by atoms with van der Waals surface area (Å²) in [6.45, 7) is 3.72. The molecule has 0 aliphatic heterocycles. The second-order valence-corrected chi connectivity index (χ2v) is 5.12. The van der Waals surface area contributed by atoms with Gasteiger partial charge in [-0.1, -0.05) is 0 Å². The van der Waals surface area contributed by atoms with Crippen LogP contribution in [-0.4, -0.2) is 9.97 Å². The van der Waals surface area contributed by atoms with Gasteiger partial charge in [-0.3, -0.25) is 0 Å². The van der Waals surface area contributed by atoms with Crippen LogP contribution in [0.5, 0.6) is 0 Å². The topological polar surface area (TPSA) is 40.7 Å². The van der Waals surface area contributed by atoms with Crippen molar-refractivity contribution < 1.29 is 0 Å². The van der Waals surface area contributed by atoms with Crippen LogP contribution in [0.2, 0.25) is 0 Å². The van der Waals surface area contributed by atoms with Crippen LogP contribution in [0.4, 0.5) is 0 Å². The van der Waals surface area contributed by atoms with E-state index >= 15 is 0 Å². The summed E-state index contributed by atoms with van der Waals surface area (Å²) in [7, 11) is 0. The molecule has 0 aliphatic rings. The fourth-order valence-electron chi connectivity index (χ4n) is 1.31. The lowest BCUT2D eigenvalue weighted by Gasteiger charge is -2.02. The second-order valence-electron chi connectivity index (χ2n) is 3.27. The average molecular weight is 286 g/mol. The van der Waals surface area contributed by atoms with Crippen molar-refractivity contribution in [2.24, 2.45) is 0 Å². The molecule has 80 valence electrons. The Morgan fingerprint density at radius 3 is 3.00 bits per heavy atom. The first-order valence-electron chi connectivity index (χ1n) is 4.69. The van der Waals surface area contributed by atoms with E-state index in [0.29, 0.717) is 0 Å². The molecule has 5 heteroatoms. The molecule has 0 bridgehead atoms. The molecule has 0 unspecified atom stereocenters. The van der Waals surface area contributed by atoms with E-state index in [0.717, 1.165) is 24.5 Å². The number of halogens is 1. The molecular weight excluding hydrogens is 274 g/mol. The first-order valence-corrected chi connectivity index (χ1v) is 6.36. The summed E-state index contributed by atoms with van der Waals surface area (Å²) in [4.78, 5) is 8.62. The van der Waals surface area contributed by atoms with Gasteiger partial charge in [-0.2, -0.15) is 0 Å². The highest BCUT2D eigenvalue weighted by atomic mass is 79.9. The molecule has 2 N–H and O–H groups in total. The number of hydrogen-bond donors (Lipinski definition) is 2. The van der Waals surface area contributed by atoms with E-state index in [1.54, 1.807) is 17.7 Å². The highest BCUT2D eigenvalue weighted by Gasteiger charge is 2.02. The number of H-pyrrole nitrogens is 1. The van der Waals surface area contributed by atoms with Crippen molar-refractivity contribution in [2.75, 3.05) is 0 Å². The minimum Gasteiger partial charge on any atom is -0.348 e. The Labute approximate surface area is 101 Å². The lowest BCUT2D eigenvalue weighted by molar-refractivity contribution is 0.684. The monoisotopic (exact) mass is 285 g/mol. The quantitative estimate of drug-likeness (QED) is 0.907. The molecule has 0 radical (unpaired) electrons. The van der Waals surface area contributed by atoms with E-state index in [1.165, 1.54) is 9.35 Å². The fourth-order valence-corrected chi connectivity index (χ4v) is 2.77. The molecule has 0 spiro atoms. The molecule has 15 heavy (non-hydrogen) atoms. The van der Waals surface area contributed by atoms with E-state index in [2.05, 4.69) is 42.7 Å². The van der Waals surface area contributed by atoms with Crippen LogP contribution in [0.3, 0.4) is 0 Å². The Hall–Kier alpha value is -0.650. The largest absolute Gasteiger partial charge is 0.348 e. The van der Waals surface area contributed by atoms with Gasteiger partial charge >= 0.3 is 0 Å². The molecule has 0 fully saturated rings. The number of rotatable bonds is 4. The third kappa shape index (κ3) is 2.68. The van der Waals surface area contributed by atoms with Crippen LogP contribution in [0.1, 0.15) is 16.3 Å². The van der Waals surface area contributed by atoms with Gasteiger partial charge in [0.2, 0.25) is 0 Å². The van der Waals surface area contributed by atoms with Crippen LogP contribution >= 0.6 is 27.3 Å². The minimum atomic E-state index is 0.805. The molecule has 0 saturated heterocycles. The number of hydrogen-bond acceptors (Lipinski definition) is 3. The van der Waals surface area contributed by atoms with Gasteiger partial charge in [-0.05, 0) is 34.3 Å². The van der Waals surface area contributed by atoms with Crippen LogP contribution in [0, 0.1) is 6.92 Å². The zero-order chi connectivity index (χ0) is 10.7. The summed E-state index contributed by atoms with van der Waals surface area (Å²) >= 11 is 5.26. The maximum atomic E-state index is 4.23. The zero-order valence-corrected chi connectivity index (χ0v) is 10.8. The molecule has 0 atom stereocenters. The van der Waals surface area contributed by atoms with Crippen molar-refractivity contribution in [3.63, 3.8) is 0 Å². The normalized spacial score (nSPS) is 10.8. The lowest BCUT2D eigenvalue weighted by Crippen LogP contribution is -2.13. The number of imidazole rings is 1. The molecule has 0 saturated carbocycles. The van der Waals surface area contributed by atoms with E-state index in [1.807, 2.05) is 6.92 Å². The third-order valence-electron chi connectivity index (χ3n) is 2.20. The summed E-state index contributed by atoms with van der Waals surface area (Å²) in [6.07, 6.45) is 1.73. The molecule has 0 amide bonds. The van der Waals surface area contributed by atoms with Gasteiger partial charge in [0.05, 0.1) is 12.0 Å². The van der Waals surface area contributed by atoms with Gasteiger partial charge in [-0.15, -0.1) is 11.3 Å². The second kappa shape index (κ2) is 4.92. The summed E-state index contributed by atoms with van der Waals surface area (Å²) in [6, 6.07) is 2.07. The molecule has 3 nitrogen and oxygen atoms in total. The third-order valence-corrected chi connectivity index (χ3v) is 4.13. The Morgan fingerprint density at radius 2 is 2.40 bits per heavy atom. The van der Waals surface area contributed by atoms with Gasteiger partial charge in [0.25, 0.3) is 0 Å². The molecule has 2 heterocycles. The number of aromatic amines is 1. The van der Waals surface area contributed by atoms with E-state index in [-0.39, 0.29) is 0 Å². The Morgan fingerprint density at radius 1 is 1.53 bits per heavy atom. The maximum absolute atomic E-state index is 4.23. The van der Waals surface area contributed by atoms with Crippen molar-refractivity contribution in [1.82, 2.24) is 15.3 Å². The van der Waals surface area contributed by atoms with E-state index < -0.39 is 0 Å². The zero-order valence-electron chi connectivity index (χ0n) is 8.38. The van der Waals surface area contributed by atoms with Gasteiger partial charge < -0.3 is 10.3 Å². The van der Waals surface area contributed by atoms with Crippen LogP contribution in [0.25, 0.3) is 0 Å². The van der Waals surface area contributed by atoms with Gasteiger partial charge in [0, 0.05) is 28.1 Å². The van der Waals surface area contributed by atoms with E-state index in [4.69, 9.17) is 0 Å². The molecule has 0 aromatic carbocycles. The predicted molar refractivity (Wildman–Crippen MR) is 65.9 cm³/mol. The molecular formula is C10H12BrN3S. The summed E-state index contributed by atoms with van der Waals surface area (Å²) in [5, 5.41) is 5.45. The number of aryl methyl sites for hydroxylation is 1. The number of nitrogens with one attached hydrogen (secondary N) is 2. The highest BCUT2D eigenvalue weighted by molar-refractivity contribution is 9.10. The summed E-state index contributed by atoms with van der Waals surface area (Å²) in [5.41, 5.74) is 2.22. The summed E-state index contributed by atoms with van der Waals surface area (Å²) in [5.74, 6) is 0. The van der Waals surface area contributed by atoms with Gasteiger partial charge in [0.1, 0.15) is 0 Å². The Bertz CT molecular complexity index is 395. The molecule has 2 aromatic heterocycles. The fraction of sp³-hybridized carbons (Fsp3) is 0.300. The highest BCUT2D eigenvalue weighted by Crippen LogP contribution is 2.22. The van der Waals surface area contributed by atoms with Gasteiger partial charge in [-0.25, -0.2) is 4.98 Å². The first-order chi connectivity index (χ1) is 7.27. The van der Waals surface area contributed by atoms with Crippen molar-refractivity contribution in [2.45, 2.75) is 20.0 Å². The standard InChI is InChI=1S/C10H12BrN3S/c1-7-9(14-6-13-7)4-12-5-10-8(11)2-3-15-10/h2-3,6,12H,4-5H2,1H3,(H,13,14). The number of aromatic nitrogens is 2. The lowest BCUT2D eigenvalue weighted by atomic mass is 10.3. The summed E-state index contributed by atoms with van der Waals surface area (Å²) < 4.78 is 1.18. The van der Waals surface area contributed by atoms with Crippen molar-refractivity contribution >= 4 is 27.3 Å². The maximum Gasteiger partial charge on any atom is 0.0925 e. The minimum absolute atomic E-state index is 0.805. The number of nitrogens with zero attached hydrogens (tertiary/aromatic N) is 1. The first kappa shape index (κ1) is 10.9. The number of thiophene rings is 1. The Balaban J connectivity index is 1.86. The Kier molecular flexibility index (Phi) is 3.56. The van der Waals surface area contributed by atoms with Crippen molar-refractivity contribution in [1.29, 1.82) is 0 Å². The smallest absolute Gasteiger partial charge is 0.0925 e. The van der Waals surface area contributed by atoms with Crippen LogP contribution in [-0.2, 0) is 13.1 Å². The predicted octanol–water partition coefficient (Wildman–Crippen LogP) is 2.83. The average Bonchev–Trinajstić information content (AvgIpc) is 2.78.